The summed E-state index contributed by atoms with van der Waals surface area (Å²) in [6, 6.07) is 4.96. The van der Waals surface area contributed by atoms with Crippen molar-refractivity contribution in [1.82, 2.24) is 9.80 Å². The fourth-order valence-electron chi connectivity index (χ4n) is 2.65. The zero-order chi connectivity index (χ0) is 12.3. The van der Waals surface area contributed by atoms with Crippen molar-refractivity contribution in [3.05, 3.63) is 24.2 Å². The van der Waals surface area contributed by atoms with E-state index >= 15 is 0 Å². The zero-order valence-electron chi connectivity index (χ0n) is 10.8. The van der Waals surface area contributed by atoms with Gasteiger partial charge in [-0.15, -0.1) is 0 Å². The first kappa shape index (κ1) is 12.6. The molecule has 1 aliphatic rings. The molecule has 1 aliphatic heterocycles. The Hall–Kier alpha value is -0.840. The van der Waals surface area contributed by atoms with E-state index < -0.39 is 0 Å². The standard InChI is InChI=1S/C13H23N3O/c1-11(8-13-4-3-7-17-13)16-6-5-15(2)10-12(16)9-14/h3-4,7,11-12H,5-6,8-10,14H2,1-2H3. The van der Waals surface area contributed by atoms with Crippen LogP contribution < -0.4 is 5.73 Å². The van der Waals surface area contributed by atoms with Crippen molar-refractivity contribution in [2.45, 2.75) is 25.4 Å². The van der Waals surface area contributed by atoms with E-state index in [1.807, 2.05) is 12.1 Å². The van der Waals surface area contributed by atoms with Crippen molar-refractivity contribution in [3.63, 3.8) is 0 Å². The third-order valence-corrected chi connectivity index (χ3v) is 3.65. The molecule has 17 heavy (non-hydrogen) atoms. The fraction of sp³-hybridized carbons (Fsp3) is 0.692. The number of piperazine rings is 1. The lowest BCUT2D eigenvalue weighted by Crippen LogP contribution is -2.57. The molecule has 2 atom stereocenters. The topological polar surface area (TPSA) is 45.6 Å². The number of furan rings is 1. The van der Waals surface area contributed by atoms with E-state index in [9.17, 15) is 0 Å². The molecule has 1 saturated heterocycles. The third kappa shape index (κ3) is 3.09. The largest absolute Gasteiger partial charge is 0.469 e. The van der Waals surface area contributed by atoms with Gasteiger partial charge in [0.05, 0.1) is 6.26 Å². The van der Waals surface area contributed by atoms with Crippen molar-refractivity contribution in [3.8, 4) is 0 Å². The van der Waals surface area contributed by atoms with Gasteiger partial charge in [0.25, 0.3) is 0 Å². The second-order valence-corrected chi connectivity index (χ2v) is 5.02. The van der Waals surface area contributed by atoms with Gasteiger partial charge in [0, 0.05) is 44.7 Å². The maximum Gasteiger partial charge on any atom is 0.105 e. The van der Waals surface area contributed by atoms with Crippen molar-refractivity contribution in [2.75, 3.05) is 33.2 Å². The Bertz CT molecular complexity index is 325. The second-order valence-electron chi connectivity index (χ2n) is 5.02. The summed E-state index contributed by atoms with van der Waals surface area (Å²) in [5.41, 5.74) is 5.88. The fourth-order valence-corrected chi connectivity index (χ4v) is 2.65. The lowest BCUT2D eigenvalue weighted by atomic mass is 10.1. The third-order valence-electron chi connectivity index (χ3n) is 3.65. The van der Waals surface area contributed by atoms with Crippen LogP contribution in [0.5, 0.6) is 0 Å². The van der Waals surface area contributed by atoms with Gasteiger partial charge in [-0.05, 0) is 26.1 Å². The van der Waals surface area contributed by atoms with E-state index in [-0.39, 0.29) is 0 Å². The molecule has 0 bridgehead atoms. The Morgan fingerprint density at radius 1 is 1.53 bits per heavy atom. The van der Waals surface area contributed by atoms with Crippen LogP contribution in [0.1, 0.15) is 12.7 Å². The number of nitrogens with two attached hydrogens (primary N) is 1. The normalized spacial score (nSPS) is 25.0. The number of hydrogen-bond donors (Lipinski definition) is 1. The minimum absolute atomic E-state index is 0.471. The molecule has 2 heterocycles. The summed E-state index contributed by atoms with van der Waals surface area (Å²) in [5, 5.41) is 0. The highest BCUT2D eigenvalue weighted by atomic mass is 16.3. The molecule has 0 amide bonds. The Balaban J connectivity index is 1.95. The molecule has 2 rings (SSSR count). The van der Waals surface area contributed by atoms with E-state index in [4.69, 9.17) is 10.2 Å². The van der Waals surface area contributed by atoms with Gasteiger partial charge in [0.2, 0.25) is 0 Å². The first-order chi connectivity index (χ1) is 8.20. The highest BCUT2D eigenvalue weighted by Gasteiger charge is 2.28. The van der Waals surface area contributed by atoms with E-state index in [2.05, 4.69) is 23.8 Å². The van der Waals surface area contributed by atoms with Crippen LogP contribution in [0.2, 0.25) is 0 Å². The summed E-state index contributed by atoms with van der Waals surface area (Å²) in [7, 11) is 2.16. The summed E-state index contributed by atoms with van der Waals surface area (Å²) in [6.07, 6.45) is 2.71. The van der Waals surface area contributed by atoms with E-state index in [1.165, 1.54) is 0 Å². The second kappa shape index (κ2) is 5.67. The molecule has 2 unspecified atom stereocenters. The SMILES string of the molecule is CC(Cc1ccco1)N1CCN(C)CC1CN. The van der Waals surface area contributed by atoms with E-state index in [1.54, 1.807) is 6.26 Å². The van der Waals surface area contributed by atoms with E-state index in [0.29, 0.717) is 12.1 Å². The monoisotopic (exact) mass is 237 g/mol. The van der Waals surface area contributed by atoms with Crippen LogP contribution >= 0.6 is 0 Å². The van der Waals surface area contributed by atoms with Crippen LogP contribution in [-0.4, -0.2) is 55.1 Å². The highest BCUT2D eigenvalue weighted by Crippen LogP contribution is 2.15. The van der Waals surface area contributed by atoms with Crippen LogP contribution in [-0.2, 0) is 6.42 Å². The van der Waals surface area contributed by atoms with Gasteiger partial charge in [-0.1, -0.05) is 0 Å². The predicted molar refractivity (Wildman–Crippen MR) is 68.9 cm³/mol. The van der Waals surface area contributed by atoms with Crippen molar-refractivity contribution in [1.29, 1.82) is 0 Å². The number of nitrogens with zero attached hydrogens (tertiary/aromatic N) is 2. The summed E-state index contributed by atoms with van der Waals surface area (Å²) in [4.78, 5) is 4.87. The quantitative estimate of drug-likeness (QED) is 0.841. The van der Waals surface area contributed by atoms with E-state index in [0.717, 1.165) is 38.4 Å². The van der Waals surface area contributed by atoms with Gasteiger partial charge in [0.15, 0.2) is 0 Å². The minimum atomic E-state index is 0.471. The first-order valence-corrected chi connectivity index (χ1v) is 6.37. The molecule has 1 aromatic heterocycles. The molecule has 1 fully saturated rings. The van der Waals surface area contributed by atoms with Gasteiger partial charge in [0.1, 0.15) is 5.76 Å². The Kier molecular flexibility index (Phi) is 4.20. The minimum Gasteiger partial charge on any atom is -0.469 e. The van der Waals surface area contributed by atoms with Gasteiger partial charge < -0.3 is 15.1 Å². The lowest BCUT2D eigenvalue weighted by molar-refractivity contribution is 0.0607. The number of rotatable bonds is 4. The Morgan fingerprint density at radius 2 is 2.35 bits per heavy atom. The van der Waals surface area contributed by atoms with Crippen LogP contribution in [0.4, 0.5) is 0 Å². The molecule has 96 valence electrons. The van der Waals surface area contributed by atoms with Crippen LogP contribution in [0.15, 0.2) is 22.8 Å². The summed E-state index contributed by atoms with van der Waals surface area (Å²) in [6.45, 7) is 6.28. The molecule has 0 saturated carbocycles. The van der Waals surface area contributed by atoms with Crippen LogP contribution in [0.25, 0.3) is 0 Å². The maximum absolute atomic E-state index is 5.88. The van der Waals surface area contributed by atoms with Crippen molar-refractivity contribution in [2.24, 2.45) is 5.73 Å². The van der Waals surface area contributed by atoms with Crippen molar-refractivity contribution >= 4 is 0 Å². The van der Waals surface area contributed by atoms with Crippen molar-refractivity contribution < 1.29 is 4.42 Å². The highest BCUT2D eigenvalue weighted by molar-refractivity contribution is 5.01. The molecule has 2 N–H and O–H groups in total. The van der Waals surface area contributed by atoms with Gasteiger partial charge in [-0.3, -0.25) is 4.90 Å². The molecular formula is C13H23N3O. The summed E-state index contributed by atoms with van der Waals surface area (Å²) < 4.78 is 5.42. The molecular weight excluding hydrogens is 214 g/mol. The average Bonchev–Trinajstić information content (AvgIpc) is 2.81. The van der Waals surface area contributed by atoms with Gasteiger partial charge in [-0.25, -0.2) is 0 Å². The maximum atomic E-state index is 5.88. The number of likely N-dealkylation sites (N-methyl/N-ethyl adjacent to an activating group) is 1. The Labute approximate surface area is 103 Å². The average molecular weight is 237 g/mol. The predicted octanol–water partition coefficient (Wildman–Crippen LogP) is 0.785. The van der Waals surface area contributed by atoms with Gasteiger partial charge in [-0.2, -0.15) is 0 Å². The molecule has 0 aliphatic carbocycles. The summed E-state index contributed by atoms with van der Waals surface area (Å²) in [5.74, 6) is 1.06. The molecule has 1 aromatic rings. The first-order valence-electron chi connectivity index (χ1n) is 6.37. The zero-order valence-corrected chi connectivity index (χ0v) is 10.8. The molecule has 0 aromatic carbocycles. The molecule has 0 spiro atoms. The number of hydrogen-bond acceptors (Lipinski definition) is 4. The van der Waals surface area contributed by atoms with Crippen LogP contribution in [0, 0.1) is 0 Å². The smallest absolute Gasteiger partial charge is 0.105 e. The Morgan fingerprint density at radius 3 is 3.00 bits per heavy atom. The molecule has 4 heteroatoms. The van der Waals surface area contributed by atoms with Gasteiger partial charge >= 0.3 is 0 Å². The summed E-state index contributed by atoms with van der Waals surface area (Å²) >= 11 is 0. The lowest BCUT2D eigenvalue weighted by Gasteiger charge is -2.42. The van der Waals surface area contributed by atoms with Crippen LogP contribution in [0.3, 0.4) is 0 Å². The molecule has 4 nitrogen and oxygen atoms in total. The molecule has 0 radical (unpaired) electrons.